The van der Waals surface area contributed by atoms with Gasteiger partial charge < -0.3 is 20.2 Å². The van der Waals surface area contributed by atoms with Gasteiger partial charge in [-0.1, -0.05) is 24.3 Å². The second kappa shape index (κ2) is 8.76. The number of hydrogen-bond acceptors (Lipinski definition) is 5. The van der Waals surface area contributed by atoms with Crippen molar-refractivity contribution < 1.29 is 14.3 Å². The molecule has 0 radical (unpaired) electrons. The maximum atomic E-state index is 13.1. The summed E-state index contributed by atoms with van der Waals surface area (Å²) in [6, 6.07) is 18.9. The van der Waals surface area contributed by atoms with Crippen molar-refractivity contribution >= 4 is 28.1 Å². The van der Waals surface area contributed by atoms with Gasteiger partial charge in [-0.2, -0.15) is 5.26 Å². The van der Waals surface area contributed by atoms with E-state index >= 15 is 0 Å². The average Bonchev–Trinajstić information content (AvgIpc) is 2.80. The first-order valence-corrected chi connectivity index (χ1v) is 9.94. The lowest BCUT2D eigenvalue weighted by molar-refractivity contribution is -0.127. The van der Waals surface area contributed by atoms with Gasteiger partial charge in [0, 0.05) is 54.5 Å². The highest BCUT2D eigenvalue weighted by Crippen LogP contribution is 2.30. The van der Waals surface area contributed by atoms with E-state index in [-0.39, 0.29) is 23.0 Å². The van der Waals surface area contributed by atoms with Gasteiger partial charge in [-0.05, 0) is 36.4 Å². The van der Waals surface area contributed by atoms with Gasteiger partial charge in [0.2, 0.25) is 0 Å². The molecule has 0 aromatic heterocycles. The van der Waals surface area contributed by atoms with Crippen LogP contribution in [0.5, 0.6) is 5.75 Å². The fourth-order valence-electron chi connectivity index (χ4n) is 3.70. The zero-order valence-corrected chi connectivity index (χ0v) is 16.8. The van der Waals surface area contributed by atoms with E-state index in [0.29, 0.717) is 37.3 Å². The van der Waals surface area contributed by atoms with Gasteiger partial charge in [-0.3, -0.25) is 4.79 Å². The Morgan fingerprint density at radius 2 is 1.68 bits per heavy atom. The van der Waals surface area contributed by atoms with E-state index in [1.165, 1.54) is 18.3 Å². The number of amides is 1. The third kappa shape index (κ3) is 4.28. The van der Waals surface area contributed by atoms with Crippen LogP contribution in [0.3, 0.4) is 0 Å². The van der Waals surface area contributed by atoms with E-state index in [1.807, 2.05) is 18.2 Å². The van der Waals surface area contributed by atoms with Crippen molar-refractivity contribution in [2.75, 3.05) is 36.4 Å². The predicted octanol–water partition coefficient (Wildman–Crippen LogP) is 3.85. The van der Waals surface area contributed by atoms with Crippen molar-refractivity contribution in [2.45, 2.75) is 0 Å². The van der Waals surface area contributed by atoms with E-state index in [4.69, 9.17) is 0 Å². The number of anilines is 2. The predicted molar refractivity (Wildman–Crippen MR) is 118 cm³/mol. The molecule has 1 heterocycles. The Labute approximate surface area is 179 Å². The number of carbonyl (C=O) groups is 1. The molecule has 1 aliphatic rings. The number of nitrogens with one attached hydrogen (secondary N) is 1. The van der Waals surface area contributed by atoms with Crippen LogP contribution in [0.1, 0.15) is 0 Å². The third-order valence-corrected chi connectivity index (χ3v) is 5.38. The summed E-state index contributed by atoms with van der Waals surface area (Å²) in [5, 5.41) is 24.1. The monoisotopic (exact) mass is 416 g/mol. The average molecular weight is 416 g/mol. The third-order valence-electron chi connectivity index (χ3n) is 5.38. The van der Waals surface area contributed by atoms with Crippen LogP contribution in [-0.2, 0) is 4.79 Å². The minimum atomic E-state index is -0.336. The Morgan fingerprint density at radius 3 is 2.39 bits per heavy atom. The van der Waals surface area contributed by atoms with Crippen LogP contribution in [0.25, 0.3) is 10.8 Å². The highest BCUT2D eigenvalue weighted by molar-refractivity contribution is 6.00. The second-order valence-electron chi connectivity index (χ2n) is 7.25. The molecule has 1 amide bonds. The van der Waals surface area contributed by atoms with Gasteiger partial charge in [0.25, 0.3) is 5.91 Å². The molecule has 0 atom stereocenters. The Bertz CT molecular complexity index is 1180. The van der Waals surface area contributed by atoms with Crippen molar-refractivity contribution in [1.29, 1.82) is 5.26 Å². The molecular weight excluding hydrogens is 395 g/mol. The van der Waals surface area contributed by atoms with E-state index in [0.717, 1.165) is 11.1 Å². The first kappa shape index (κ1) is 20.2. The maximum absolute atomic E-state index is 13.1. The number of phenolic OH excluding ortho intramolecular Hbond substituents is 1. The lowest BCUT2D eigenvalue weighted by Crippen LogP contribution is -2.49. The van der Waals surface area contributed by atoms with Crippen molar-refractivity contribution in [2.24, 2.45) is 0 Å². The summed E-state index contributed by atoms with van der Waals surface area (Å²) < 4.78 is 13.1. The fraction of sp³-hybridized carbons (Fsp3) is 0.167. The first-order chi connectivity index (χ1) is 15.1. The minimum absolute atomic E-state index is 0.00684. The SMILES string of the molecule is N#C/C(=C/Nc1cccc2c(O)cccc12)C(=O)N1CCN(c2ccc(F)cc2)CC1. The molecular formula is C24H21FN4O2. The van der Waals surface area contributed by atoms with Crippen LogP contribution in [0.15, 0.2) is 72.4 Å². The first-order valence-electron chi connectivity index (χ1n) is 9.94. The molecule has 31 heavy (non-hydrogen) atoms. The van der Waals surface area contributed by atoms with Gasteiger partial charge in [-0.25, -0.2) is 4.39 Å². The quantitative estimate of drug-likeness (QED) is 0.499. The van der Waals surface area contributed by atoms with Crippen molar-refractivity contribution in [3.05, 3.63) is 78.3 Å². The van der Waals surface area contributed by atoms with Crippen LogP contribution in [-0.4, -0.2) is 42.1 Å². The zero-order chi connectivity index (χ0) is 21.8. The Morgan fingerprint density at radius 1 is 1.00 bits per heavy atom. The topological polar surface area (TPSA) is 79.6 Å². The smallest absolute Gasteiger partial charge is 0.266 e. The van der Waals surface area contributed by atoms with Crippen LogP contribution in [0.2, 0.25) is 0 Å². The van der Waals surface area contributed by atoms with Crippen LogP contribution >= 0.6 is 0 Å². The molecule has 0 saturated carbocycles. The maximum Gasteiger partial charge on any atom is 0.266 e. The van der Waals surface area contributed by atoms with Crippen molar-refractivity contribution in [3.8, 4) is 11.8 Å². The molecule has 156 valence electrons. The zero-order valence-electron chi connectivity index (χ0n) is 16.8. The molecule has 1 saturated heterocycles. The number of phenols is 1. The van der Waals surface area contributed by atoms with Crippen molar-refractivity contribution in [3.63, 3.8) is 0 Å². The summed E-state index contributed by atoms with van der Waals surface area (Å²) in [7, 11) is 0. The molecule has 6 nitrogen and oxygen atoms in total. The summed E-state index contributed by atoms with van der Waals surface area (Å²) in [5.41, 5.74) is 1.60. The lowest BCUT2D eigenvalue weighted by Gasteiger charge is -2.36. The number of fused-ring (bicyclic) bond motifs is 1. The summed E-state index contributed by atoms with van der Waals surface area (Å²) >= 11 is 0. The number of halogens is 1. The molecule has 1 fully saturated rings. The van der Waals surface area contributed by atoms with Gasteiger partial charge in [0.05, 0.1) is 0 Å². The van der Waals surface area contributed by atoms with Gasteiger partial charge in [-0.15, -0.1) is 0 Å². The number of rotatable bonds is 4. The van der Waals surface area contributed by atoms with Crippen molar-refractivity contribution in [1.82, 2.24) is 4.90 Å². The number of nitrogens with zero attached hydrogens (tertiary/aromatic N) is 3. The molecule has 0 spiro atoms. The largest absolute Gasteiger partial charge is 0.507 e. The molecule has 4 rings (SSSR count). The molecule has 3 aromatic carbocycles. The van der Waals surface area contributed by atoms with Crippen LogP contribution < -0.4 is 10.2 Å². The Kier molecular flexibility index (Phi) is 5.72. The number of piperazine rings is 1. The van der Waals surface area contributed by atoms with E-state index in [1.54, 1.807) is 41.3 Å². The highest BCUT2D eigenvalue weighted by Gasteiger charge is 2.24. The van der Waals surface area contributed by atoms with E-state index in [2.05, 4.69) is 10.2 Å². The standard InChI is InChI=1S/C24H21FN4O2/c25-18-7-9-19(10-8-18)28-11-13-29(14-12-28)24(31)17(15-26)16-27-22-5-1-4-21-20(22)3-2-6-23(21)30/h1-10,16,27,30H,11-14H2/b17-16-. The number of nitriles is 1. The van der Waals surface area contributed by atoms with Gasteiger partial charge >= 0.3 is 0 Å². The molecule has 3 aromatic rings. The molecule has 0 bridgehead atoms. The minimum Gasteiger partial charge on any atom is -0.507 e. The second-order valence-corrected chi connectivity index (χ2v) is 7.25. The molecule has 2 N–H and O–H groups in total. The number of benzene rings is 3. The Balaban J connectivity index is 1.44. The van der Waals surface area contributed by atoms with Gasteiger partial charge in [0.15, 0.2) is 0 Å². The summed E-state index contributed by atoms with van der Waals surface area (Å²) in [6.07, 6.45) is 1.41. The van der Waals surface area contributed by atoms with Crippen LogP contribution in [0.4, 0.5) is 15.8 Å². The van der Waals surface area contributed by atoms with E-state index in [9.17, 15) is 19.6 Å². The summed E-state index contributed by atoms with van der Waals surface area (Å²) in [6.45, 7) is 2.15. The highest BCUT2D eigenvalue weighted by atomic mass is 19.1. The van der Waals surface area contributed by atoms with Crippen LogP contribution in [0, 0.1) is 17.1 Å². The summed E-state index contributed by atoms with van der Waals surface area (Å²) in [5.74, 6) is -0.451. The number of carbonyl (C=O) groups excluding carboxylic acids is 1. The molecule has 0 unspecified atom stereocenters. The lowest BCUT2D eigenvalue weighted by atomic mass is 10.1. The molecule has 7 heteroatoms. The number of hydrogen-bond donors (Lipinski definition) is 2. The van der Waals surface area contributed by atoms with Gasteiger partial charge in [0.1, 0.15) is 23.2 Å². The van der Waals surface area contributed by atoms with E-state index < -0.39 is 0 Å². The molecule has 0 aliphatic carbocycles. The molecule has 1 aliphatic heterocycles. The summed E-state index contributed by atoms with van der Waals surface area (Å²) in [4.78, 5) is 16.6. The fourth-order valence-corrected chi connectivity index (χ4v) is 3.70. The number of aromatic hydroxyl groups is 1. The normalized spacial score (nSPS) is 14.4. The Hall–Kier alpha value is -4.05.